The summed E-state index contributed by atoms with van der Waals surface area (Å²) in [5, 5.41) is 20.7. The summed E-state index contributed by atoms with van der Waals surface area (Å²) in [5.41, 5.74) is 9.25. The Labute approximate surface area is 263 Å². The number of amides is 1. The zero-order valence-corrected chi connectivity index (χ0v) is 25.7. The van der Waals surface area contributed by atoms with Crippen molar-refractivity contribution in [3.8, 4) is 16.8 Å². The monoisotopic (exact) mass is 602 g/mol. The minimum atomic E-state index is -1.02. The van der Waals surface area contributed by atoms with Gasteiger partial charge in [0.2, 0.25) is 5.91 Å². The Bertz CT molecular complexity index is 1820. The summed E-state index contributed by atoms with van der Waals surface area (Å²) in [6, 6.07) is 18.9. The lowest BCUT2D eigenvalue weighted by Crippen LogP contribution is -2.35. The molecule has 3 N–H and O–H groups in total. The predicted octanol–water partition coefficient (Wildman–Crippen LogP) is 6.36. The SMILES string of the molecule is CCc1nc(NC2CCc3cccc(-c4cccc(-n5ncc(C(=O)O)c5NC)c4)c32)ccc1C1=CCN(C(=O)C2CC2)CC1. The van der Waals surface area contributed by atoms with E-state index in [0.29, 0.717) is 18.3 Å². The lowest BCUT2D eigenvalue weighted by molar-refractivity contribution is -0.132. The Kier molecular flexibility index (Phi) is 7.61. The van der Waals surface area contributed by atoms with Crippen LogP contribution in [0.3, 0.4) is 0 Å². The van der Waals surface area contributed by atoms with Crippen LogP contribution in [0.5, 0.6) is 0 Å². The van der Waals surface area contributed by atoms with E-state index in [9.17, 15) is 14.7 Å². The fourth-order valence-corrected chi connectivity index (χ4v) is 6.85. The largest absolute Gasteiger partial charge is 0.477 e. The van der Waals surface area contributed by atoms with Crippen molar-refractivity contribution in [2.75, 3.05) is 30.8 Å². The fraction of sp³-hybridized carbons (Fsp3) is 0.333. The zero-order valence-electron chi connectivity index (χ0n) is 25.7. The first-order valence-corrected chi connectivity index (χ1v) is 15.9. The third-order valence-corrected chi connectivity index (χ3v) is 9.31. The number of carbonyl (C=O) groups excluding carboxylic acids is 1. The Morgan fingerprint density at radius 2 is 1.87 bits per heavy atom. The van der Waals surface area contributed by atoms with Crippen molar-refractivity contribution < 1.29 is 14.7 Å². The van der Waals surface area contributed by atoms with E-state index in [2.05, 4.69) is 71.2 Å². The standard InChI is InChI=1S/C36H38N6O3/c1-3-30-27(22-16-18-41(19-17-22)35(43)24-10-11-24)13-15-32(39-30)40-31-14-12-23-6-5-9-28(33(23)31)25-7-4-8-26(20-25)42-34(37-2)29(21-38-42)36(44)45/h4-9,13,15-16,20-21,24,31,37H,3,10-12,14,17-19H2,1-2H3,(H,39,40)(H,44,45). The number of hydrogen-bond acceptors (Lipinski definition) is 6. The van der Waals surface area contributed by atoms with Gasteiger partial charge in [-0.15, -0.1) is 0 Å². The van der Waals surface area contributed by atoms with Gasteiger partial charge in [0, 0.05) is 26.1 Å². The number of pyridine rings is 1. The van der Waals surface area contributed by atoms with Crippen LogP contribution in [-0.4, -0.2) is 56.8 Å². The molecule has 4 aromatic rings. The molecule has 1 aliphatic heterocycles. The topological polar surface area (TPSA) is 112 Å². The van der Waals surface area contributed by atoms with E-state index in [1.807, 2.05) is 17.0 Å². The third-order valence-electron chi connectivity index (χ3n) is 9.31. The molecule has 0 saturated heterocycles. The number of carbonyl (C=O) groups is 2. The number of aromatic nitrogens is 3. The van der Waals surface area contributed by atoms with Gasteiger partial charge in [0.15, 0.2) is 0 Å². The molecule has 1 unspecified atom stereocenters. The second kappa shape index (κ2) is 11.9. The Balaban J connectivity index is 1.14. The van der Waals surface area contributed by atoms with E-state index in [-0.39, 0.29) is 17.5 Å². The first-order chi connectivity index (χ1) is 21.9. The van der Waals surface area contributed by atoms with Crippen molar-refractivity contribution in [1.82, 2.24) is 19.7 Å². The zero-order chi connectivity index (χ0) is 31.1. The molecule has 1 amide bonds. The minimum absolute atomic E-state index is 0.106. The molecule has 0 spiro atoms. The molecule has 9 nitrogen and oxygen atoms in total. The van der Waals surface area contributed by atoms with Gasteiger partial charge in [0.1, 0.15) is 17.2 Å². The molecule has 9 heteroatoms. The molecule has 45 heavy (non-hydrogen) atoms. The molecule has 1 atom stereocenters. The maximum absolute atomic E-state index is 12.5. The van der Waals surface area contributed by atoms with Gasteiger partial charge in [0.05, 0.1) is 23.6 Å². The Morgan fingerprint density at radius 1 is 1.02 bits per heavy atom. The molecule has 1 saturated carbocycles. The molecule has 3 heterocycles. The number of nitrogens with zero attached hydrogens (tertiary/aromatic N) is 4. The van der Waals surface area contributed by atoms with Crippen LogP contribution >= 0.6 is 0 Å². The van der Waals surface area contributed by atoms with Gasteiger partial charge in [-0.1, -0.05) is 43.3 Å². The lowest BCUT2D eigenvalue weighted by atomic mass is 9.94. The molecule has 7 rings (SSSR count). The van der Waals surface area contributed by atoms with Crippen molar-refractivity contribution >= 4 is 29.1 Å². The molecule has 0 radical (unpaired) electrons. The second-order valence-corrected chi connectivity index (χ2v) is 12.1. The minimum Gasteiger partial charge on any atom is -0.477 e. The third kappa shape index (κ3) is 5.47. The number of carboxylic acid groups (broad SMARTS) is 1. The average molecular weight is 603 g/mol. The first kappa shape index (κ1) is 28.8. The summed E-state index contributed by atoms with van der Waals surface area (Å²) in [4.78, 5) is 31.3. The van der Waals surface area contributed by atoms with Crippen LogP contribution in [0, 0.1) is 5.92 Å². The van der Waals surface area contributed by atoms with Crippen molar-refractivity contribution in [1.29, 1.82) is 0 Å². The van der Waals surface area contributed by atoms with Gasteiger partial charge in [0.25, 0.3) is 0 Å². The highest BCUT2D eigenvalue weighted by Crippen LogP contribution is 2.41. The summed E-state index contributed by atoms with van der Waals surface area (Å²) in [6.07, 6.45) is 9.32. The summed E-state index contributed by atoms with van der Waals surface area (Å²) in [5.74, 6) is 0.866. The fourth-order valence-electron chi connectivity index (χ4n) is 6.85. The molecule has 1 fully saturated rings. The highest BCUT2D eigenvalue weighted by molar-refractivity contribution is 5.93. The number of fused-ring (bicyclic) bond motifs is 1. The van der Waals surface area contributed by atoms with Crippen molar-refractivity contribution in [2.45, 2.75) is 51.5 Å². The van der Waals surface area contributed by atoms with Crippen LogP contribution in [0.15, 0.2) is 66.9 Å². The highest BCUT2D eigenvalue weighted by Gasteiger charge is 2.34. The number of rotatable bonds is 9. The van der Waals surface area contributed by atoms with Gasteiger partial charge in [-0.25, -0.2) is 14.5 Å². The predicted molar refractivity (Wildman–Crippen MR) is 176 cm³/mol. The molecular weight excluding hydrogens is 564 g/mol. The molecule has 3 aliphatic rings. The lowest BCUT2D eigenvalue weighted by Gasteiger charge is -2.27. The summed E-state index contributed by atoms with van der Waals surface area (Å²) >= 11 is 0. The van der Waals surface area contributed by atoms with Gasteiger partial charge in [-0.3, -0.25) is 4.79 Å². The van der Waals surface area contributed by atoms with Crippen LogP contribution in [0.2, 0.25) is 0 Å². The van der Waals surface area contributed by atoms with E-state index < -0.39 is 5.97 Å². The molecular formula is C36H38N6O3. The van der Waals surface area contributed by atoms with Crippen LogP contribution in [-0.2, 0) is 17.6 Å². The van der Waals surface area contributed by atoms with Gasteiger partial charge in [-0.05, 0) is 96.2 Å². The van der Waals surface area contributed by atoms with Crippen LogP contribution < -0.4 is 10.6 Å². The Hall–Kier alpha value is -4.92. The molecule has 2 aromatic heterocycles. The van der Waals surface area contributed by atoms with Crippen molar-refractivity contribution in [3.63, 3.8) is 0 Å². The van der Waals surface area contributed by atoms with E-state index in [0.717, 1.165) is 73.4 Å². The summed E-state index contributed by atoms with van der Waals surface area (Å²) < 4.78 is 1.63. The smallest absolute Gasteiger partial charge is 0.341 e. The maximum Gasteiger partial charge on any atom is 0.341 e. The van der Waals surface area contributed by atoms with Crippen molar-refractivity contribution in [3.05, 3.63) is 94.8 Å². The maximum atomic E-state index is 12.5. The molecule has 2 aliphatic carbocycles. The van der Waals surface area contributed by atoms with Crippen molar-refractivity contribution in [2.24, 2.45) is 5.92 Å². The van der Waals surface area contributed by atoms with Gasteiger partial charge in [-0.2, -0.15) is 5.10 Å². The number of nitrogens with one attached hydrogen (secondary N) is 2. The molecule has 2 aromatic carbocycles. The molecule has 0 bridgehead atoms. The van der Waals surface area contributed by atoms with Crippen LogP contribution in [0.25, 0.3) is 22.4 Å². The van der Waals surface area contributed by atoms with E-state index in [1.165, 1.54) is 28.5 Å². The first-order valence-electron chi connectivity index (χ1n) is 15.9. The van der Waals surface area contributed by atoms with E-state index in [4.69, 9.17) is 4.98 Å². The number of aromatic carboxylic acids is 1. The number of hydrogen-bond donors (Lipinski definition) is 3. The normalized spacial score (nSPS) is 17.5. The van der Waals surface area contributed by atoms with Crippen LogP contribution in [0.1, 0.15) is 71.4 Å². The van der Waals surface area contributed by atoms with E-state index in [1.54, 1.807) is 11.7 Å². The second-order valence-electron chi connectivity index (χ2n) is 12.1. The average Bonchev–Trinajstić information content (AvgIpc) is 3.70. The number of benzene rings is 2. The quantitative estimate of drug-likeness (QED) is 0.204. The number of aryl methyl sites for hydroxylation is 2. The van der Waals surface area contributed by atoms with Gasteiger partial charge < -0.3 is 20.6 Å². The Morgan fingerprint density at radius 3 is 2.60 bits per heavy atom. The number of carboxylic acids is 1. The highest BCUT2D eigenvalue weighted by atomic mass is 16.4. The number of anilines is 2. The van der Waals surface area contributed by atoms with E-state index >= 15 is 0 Å². The summed E-state index contributed by atoms with van der Waals surface area (Å²) in [6.45, 7) is 3.62. The molecule has 230 valence electrons. The van der Waals surface area contributed by atoms with Gasteiger partial charge >= 0.3 is 5.97 Å². The van der Waals surface area contributed by atoms with Crippen LogP contribution in [0.4, 0.5) is 11.6 Å². The summed E-state index contributed by atoms with van der Waals surface area (Å²) in [7, 11) is 1.70.